The molecule has 8 nitrogen and oxygen atoms in total. The highest BCUT2D eigenvalue weighted by atomic mass is 19.4. The minimum Gasteiger partial charge on any atom is -0.497 e. The largest absolute Gasteiger partial charge is 0.497 e. The summed E-state index contributed by atoms with van der Waals surface area (Å²) in [4.78, 5) is 19.1. The van der Waals surface area contributed by atoms with Crippen LogP contribution in [0.15, 0.2) is 33.7 Å². The molecule has 1 aliphatic heterocycles. The van der Waals surface area contributed by atoms with E-state index in [0.29, 0.717) is 36.3 Å². The van der Waals surface area contributed by atoms with Crippen molar-refractivity contribution in [2.24, 2.45) is 5.92 Å². The Morgan fingerprint density at radius 2 is 2.00 bits per heavy atom. The second-order valence-electron chi connectivity index (χ2n) is 7.30. The summed E-state index contributed by atoms with van der Waals surface area (Å²) in [5, 5.41) is 7.06. The normalized spacial score (nSPS) is 16.3. The Morgan fingerprint density at radius 3 is 2.67 bits per heavy atom. The summed E-state index contributed by atoms with van der Waals surface area (Å²) in [7, 11) is 1.56. The summed E-state index contributed by atoms with van der Waals surface area (Å²) in [6.45, 7) is 2.05. The lowest BCUT2D eigenvalue weighted by Gasteiger charge is -2.31. The SMILES string of the molecule is COc1ccc2c(=O)n(CC3CCN(Cc4nnc(C(F)(F)F)o4)CC3)cnc2c1. The fourth-order valence-electron chi connectivity index (χ4n) is 3.62. The zero-order chi connectivity index (χ0) is 21.3. The van der Waals surface area contributed by atoms with E-state index in [0.717, 1.165) is 12.8 Å². The van der Waals surface area contributed by atoms with Crippen LogP contribution in [-0.4, -0.2) is 44.8 Å². The lowest BCUT2D eigenvalue weighted by atomic mass is 9.96. The Hall–Kier alpha value is -2.95. The fraction of sp³-hybridized carbons (Fsp3) is 0.474. The Balaban J connectivity index is 1.36. The first-order chi connectivity index (χ1) is 14.3. The molecule has 2 aromatic heterocycles. The van der Waals surface area contributed by atoms with E-state index in [1.807, 2.05) is 4.90 Å². The third kappa shape index (κ3) is 4.30. The number of methoxy groups -OCH3 is 1. The average molecular weight is 423 g/mol. The topological polar surface area (TPSA) is 86.3 Å². The quantitative estimate of drug-likeness (QED) is 0.624. The molecule has 0 radical (unpaired) electrons. The third-order valence-corrected chi connectivity index (χ3v) is 5.26. The van der Waals surface area contributed by atoms with Crippen molar-refractivity contribution >= 4 is 10.9 Å². The molecule has 4 rings (SSSR count). The second kappa shape index (κ2) is 8.05. The van der Waals surface area contributed by atoms with E-state index >= 15 is 0 Å². The minimum atomic E-state index is -4.63. The van der Waals surface area contributed by atoms with Crippen LogP contribution in [0.25, 0.3) is 10.9 Å². The van der Waals surface area contributed by atoms with Gasteiger partial charge in [0.1, 0.15) is 5.75 Å². The van der Waals surface area contributed by atoms with Crippen LogP contribution < -0.4 is 10.3 Å². The molecule has 0 unspecified atom stereocenters. The first-order valence-corrected chi connectivity index (χ1v) is 9.48. The molecule has 0 atom stereocenters. The van der Waals surface area contributed by atoms with Crippen molar-refractivity contribution in [3.8, 4) is 5.75 Å². The van der Waals surface area contributed by atoms with Crippen molar-refractivity contribution in [3.05, 3.63) is 46.7 Å². The van der Waals surface area contributed by atoms with Gasteiger partial charge >= 0.3 is 12.1 Å². The zero-order valence-electron chi connectivity index (χ0n) is 16.2. The molecule has 11 heteroatoms. The van der Waals surface area contributed by atoms with Gasteiger partial charge in [-0.1, -0.05) is 0 Å². The molecule has 0 amide bonds. The third-order valence-electron chi connectivity index (χ3n) is 5.26. The number of likely N-dealkylation sites (tertiary alicyclic amines) is 1. The van der Waals surface area contributed by atoms with Crippen LogP contribution in [-0.2, 0) is 19.3 Å². The number of halogens is 3. The van der Waals surface area contributed by atoms with E-state index < -0.39 is 12.1 Å². The second-order valence-corrected chi connectivity index (χ2v) is 7.30. The molecular formula is C19H20F3N5O3. The summed E-state index contributed by atoms with van der Waals surface area (Å²) < 4.78 is 49.1. The van der Waals surface area contributed by atoms with E-state index in [2.05, 4.69) is 15.2 Å². The number of fused-ring (bicyclic) bond motifs is 1. The predicted molar refractivity (Wildman–Crippen MR) is 99.9 cm³/mol. The maximum absolute atomic E-state index is 12.7. The molecule has 3 heterocycles. The number of alkyl halides is 3. The number of hydrogen-bond acceptors (Lipinski definition) is 7. The number of hydrogen-bond donors (Lipinski definition) is 0. The van der Waals surface area contributed by atoms with E-state index in [1.165, 1.54) is 0 Å². The van der Waals surface area contributed by atoms with E-state index in [9.17, 15) is 18.0 Å². The van der Waals surface area contributed by atoms with Gasteiger partial charge in [-0.15, -0.1) is 10.2 Å². The smallest absolute Gasteiger partial charge is 0.470 e. The van der Waals surface area contributed by atoms with Gasteiger partial charge in [-0.05, 0) is 44.0 Å². The molecule has 1 saturated heterocycles. The van der Waals surface area contributed by atoms with E-state index in [-0.39, 0.29) is 23.9 Å². The lowest BCUT2D eigenvalue weighted by Crippen LogP contribution is -2.36. The number of aromatic nitrogens is 4. The van der Waals surface area contributed by atoms with Gasteiger partial charge < -0.3 is 9.15 Å². The summed E-state index contributed by atoms with van der Waals surface area (Å²) in [5.74, 6) is -0.465. The minimum absolute atomic E-state index is 0.0499. The molecule has 0 saturated carbocycles. The average Bonchev–Trinajstić information content (AvgIpc) is 3.20. The number of piperidine rings is 1. The molecular weight excluding hydrogens is 403 g/mol. The van der Waals surface area contributed by atoms with Crippen LogP contribution in [0.3, 0.4) is 0 Å². The molecule has 0 spiro atoms. The highest BCUT2D eigenvalue weighted by Gasteiger charge is 2.38. The number of nitrogens with zero attached hydrogens (tertiary/aromatic N) is 5. The van der Waals surface area contributed by atoms with Crippen LogP contribution in [0.4, 0.5) is 13.2 Å². The van der Waals surface area contributed by atoms with Gasteiger partial charge in [0.25, 0.3) is 5.56 Å². The Morgan fingerprint density at radius 1 is 1.23 bits per heavy atom. The van der Waals surface area contributed by atoms with Gasteiger partial charge in [0.15, 0.2) is 0 Å². The van der Waals surface area contributed by atoms with Gasteiger partial charge in [0.05, 0.1) is 30.9 Å². The molecule has 1 fully saturated rings. The van der Waals surface area contributed by atoms with Crippen LogP contribution in [0, 0.1) is 5.92 Å². The summed E-state index contributed by atoms with van der Waals surface area (Å²) in [5.41, 5.74) is 0.485. The van der Waals surface area contributed by atoms with Crippen molar-refractivity contribution in [1.29, 1.82) is 0 Å². The Labute approximate surface area is 169 Å². The maximum atomic E-state index is 12.7. The van der Waals surface area contributed by atoms with Gasteiger partial charge in [-0.25, -0.2) is 4.98 Å². The molecule has 1 aliphatic rings. The molecule has 0 aliphatic carbocycles. The number of ether oxygens (including phenoxy) is 1. The van der Waals surface area contributed by atoms with Gasteiger partial charge in [-0.3, -0.25) is 14.3 Å². The zero-order valence-corrected chi connectivity index (χ0v) is 16.2. The van der Waals surface area contributed by atoms with Gasteiger partial charge in [0.2, 0.25) is 5.89 Å². The summed E-state index contributed by atoms with van der Waals surface area (Å²) in [6.07, 6.45) is -1.49. The van der Waals surface area contributed by atoms with Crippen LogP contribution in [0.2, 0.25) is 0 Å². The van der Waals surface area contributed by atoms with Gasteiger partial charge in [-0.2, -0.15) is 13.2 Å². The van der Waals surface area contributed by atoms with Crippen LogP contribution >= 0.6 is 0 Å². The van der Waals surface area contributed by atoms with Crippen LogP contribution in [0.5, 0.6) is 5.75 Å². The molecule has 1 aromatic carbocycles. The van der Waals surface area contributed by atoms with Crippen molar-refractivity contribution in [1.82, 2.24) is 24.6 Å². The van der Waals surface area contributed by atoms with Crippen molar-refractivity contribution in [2.75, 3.05) is 20.2 Å². The monoisotopic (exact) mass is 423 g/mol. The molecule has 30 heavy (non-hydrogen) atoms. The molecule has 0 N–H and O–H groups in total. The van der Waals surface area contributed by atoms with E-state index in [1.54, 1.807) is 36.2 Å². The highest BCUT2D eigenvalue weighted by molar-refractivity contribution is 5.78. The van der Waals surface area contributed by atoms with Gasteiger partial charge in [0, 0.05) is 12.6 Å². The first-order valence-electron chi connectivity index (χ1n) is 9.48. The van der Waals surface area contributed by atoms with Crippen LogP contribution in [0.1, 0.15) is 24.6 Å². The number of rotatable bonds is 5. The van der Waals surface area contributed by atoms with Crippen molar-refractivity contribution in [3.63, 3.8) is 0 Å². The highest BCUT2D eigenvalue weighted by Crippen LogP contribution is 2.28. The summed E-state index contributed by atoms with van der Waals surface area (Å²) >= 11 is 0. The number of benzene rings is 1. The Kier molecular flexibility index (Phi) is 5.46. The Bertz CT molecular complexity index is 1090. The first kappa shape index (κ1) is 20.3. The maximum Gasteiger partial charge on any atom is 0.470 e. The lowest BCUT2D eigenvalue weighted by molar-refractivity contribution is -0.157. The molecule has 3 aromatic rings. The molecule has 160 valence electrons. The van der Waals surface area contributed by atoms with E-state index in [4.69, 9.17) is 9.15 Å². The summed E-state index contributed by atoms with van der Waals surface area (Å²) in [6, 6.07) is 5.17. The standard InChI is InChI=1S/C19H20F3N5O3/c1-29-13-2-3-14-15(8-13)23-11-27(17(14)28)9-12-4-6-26(7-5-12)10-16-24-25-18(30-16)19(20,21)22/h2-3,8,11-12H,4-7,9-10H2,1H3. The van der Waals surface area contributed by atoms with Crippen molar-refractivity contribution < 1.29 is 22.3 Å². The van der Waals surface area contributed by atoms with Crippen molar-refractivity contribution in [2.45, 2.75) is 32.1 Å². The predicted octanol–water partition coefficient (Wildman–Crippen LogP) is 2.72. The fourth-order valence-corrected chi connectivity index (χ4v) is 3.62. The molecule has 0 bridgehead atoms.